The van der Waals surface area contributed by atoms with Gasteiger partial charge in [-0.05, 0) is 20.8 Å². The van der Waals surface area contributed by atoms with Crippen molar-refractivity contribution >= 4 is 6.09 Å². The van der Waals surface area contributed by atoms with Gasteiger partial charge in [0, 0.05) is 25.1 Å². The van der Waals surface area contributed by atoms with Gasteiger partial charge in [-0.3, -0.25) is 0 Å². The molecular formula is C15H18FN3O3. The van der Waals surface area contributed by atoms with Crippen LogP contribution in [-0.2, 0) is 4.74 Å². The van der Waals surface area contributed by atoms with E-state index in [0.29, 0.717) is 19.5 Å². The molecule has 1 saturated heterocycles. The fourth-order valence-corrected chi connectivity index (χ4v) is 2.11. The number of halogens is 1. The minimum atomic E-state index is -0.768. The second kappa shape index (κ2) is 6.18. The quantitative estimate of drug-likeness (QED) is 0.785. The predicted molar refractivity (Wildman–Crippen MR) is 75.8 cm³/mol. The Kier molecular flexibility index (Phi) is 4.50. The molecule has 0 bridgehead atoms. The molecule has 118 valence electrons. The highest BCUT2D eigenvalue weighted by atomic mass is 19.1. The first-order valence-corrected chi connectivity index (χ1v) is 6.99. The van der Waals surface area contributed by atoms with Crippen molar-refractivity contribution in [2.45, 2.75) is 38.9 Å². The van der Waals surface area contributed by atoms with E-state index in [1.54, 1.807) is 31.7 Å². The van der Waals surface area contributed by atoms with Gasteiger partial charge in [0.2, 0.25) is 5.95 Å². The minimum absolute atomic E-state index is 0.0444. The highest BCUT2D eigenvalue weighted by Crippen LogP contribution is 2.21. The van der Waals surface area contributed by atoms with E-state index >= 15 is 0 Å². The maximum atomic E-state index is 13.3. The molecule has 6 nitrogen and oxygen atoms in total. The molecule has 1 amide bonds. The topological polar surface area (TPSA) is 75.4 Å². The number of nitriles is 1. The summed E-state index contributed by atoms with van der Waals surface area (Å²) in [7, 11) is 0. The van der Waals surface area contributed by atoms with Gasteiger partial charge in [0.25, 0.3) is 0 Å². The summed E-state index contributed by atoms with van der Waals surface area (Å²) in [6, 6.07) is 4.27. The van der Waals surface area contributed by atoms with Crippen molar-refractivity contribution in [3.63, 3.8) is 0 Å². The molecule has 7 heteroatoms. The van der Waals surface area contributed by atoms with Crippen LogP contribution < -0.4 is 4.74 Å². The summed E-state index contributed by atoms with van der Waals surface area (Å²) in [5.41, 5.74) is -0.594. The van der Waals surface area contributed by atoms with Crippen molar-refractivity contribution < 1.29 is 18.7 Å². The average Bonchev–Trinajstić information content (AvgIpc) is 2.84. The lowest BCUT2D eigenvalue weighted by Gasteiger charge is -2.24. The summed E-state index contributed by atoms with van der Waals surface area (Å²) >= 11 is 0. The van der Waals surface area contributed by atoms with Gasteiger partial charge >= 0.3 is 6.09 Å². The zero-order valence-electron chi connectivity index (χ0n) is 12.8. The van der Waals surface area contributed by atoms with Gasteiger partial charge < -0.3 is 14.4 Å². The van der Waals surface area contributed by atoms with Crippen LogP contribution >= 0.6 is 0 Å². The van der Waals surface area contributed by atoms with Crippen LogP contribution in [0, 0.1) is 17.3 Å². The summed E-state index contributed by atoms with van der Waals surface area (Å²) in [4.78, 5) is 16.9. The minimum Gasteiger partial charge on any atom is -0.488 e. The number of hydrogen-bond acceptors (Lipinski definition) is 5. The van der Waals surface area contributed by atoms with Gasteiger partial charge in [-0.1, -0.05) is 0 Å². The number of pyridine rings is 1. The second-order valence-electron chi connectivity index (χ2n) is 6.08. The van der Waals surface area contributed by atoms with Gasteiger partial charge in [-0.25, -0.2) is 9.78 Å². The number of aromatic nitrogens is 1. The van der Waals surface area contributed by atoms with E-state index in [0.717, 1.165) is 6.07 Å². The summed E-state index contributed by atoms with van der Waals surface area (Å²) in [5, 5.41) is 8.77. The van der Waals surface area contributed by atoms with Crippen LogP contribution in [0.3, 0.4) is 0 Å². The summed E-state index contributed by atoms with van der Waals surface area (Å²) < 4.78 is 24.2. The molecule has 1 aromatic heterocycles. The lowest BCUT2D eigenvalue weighted by atomic mass is 10.2. The first-order valence-electron chi connectivity index (χ1n) is 6.99. The van der Waals surface area contributed by atoms with Crippen molar-refractivity contribution in [1.82, 2.24) is 9.88 Å². The summed E-state index contributed by atoms with van der Waals surface area (Å²) in [5.74, 6) is -0.531. The molecule has 22 heavy (non-hydrogen) atoms. The smallest absolute Gasteiger partial charge is 0.410 e. The lowest BCUT2D eigenvalue weighted by molar-refractivity contribution is 0.0275. The molecule has 1 aliphatic heterocycles. The molecule has 0 N–H and O–H groups in total. The molecule has 0 aliphatic carbocycles. The van der Waals surface area contributed by atoms with E-state index in [-0.39, 0.29) is 17.5 Å². The number of hydrogen-bond donors (Lipinski definition) is 0. The fourth-order valence-electron chi connectivity index (χ4n) is 2.11. The molecule has 0 unspecified atom stereocenters. The average molecular weight is 307 g/mol. The number of amides is 1. The third-order valence-corrected chi connectivity index (χ3v) is 2.98. The Balaban J connectivity index is 1.96. The number of rotatable bonds is 2. The summed E-state index contributed by atoms with van der Waals surface area (Å²) in [6.45, 7) is 6.29. The zero-order chi connectivity index (χ0) is 16.3. The Morgan fingerprint density at radius 1 is 1.50 bits per heavy atom. The highest BCUT2D eigenvalue weighted by molar-refractivity contribution is 5.68. The van der Waals surface area contributed by atoms with Crippen LogP contribution in [0.15, 0.2) is 12.1 Å². The molecule has 0 saturated carbocycles. The van der Waals surface area contributed by atoms with E-state index in [2.05, 4.69) is 4.98 Å². The SMILES string of the molecule is CC(C)(C)OC(=O)N1CC[C@@H](Oc2cc(F)nc(C#N)c2)C1. The first-order chi connectivity index (χ1) is 10.3. The van der Waals surface area contributed by atoms with Crippen LogP contribution in [0.1, 0.15) is 32.9 Å². The molecule has 1 fully saturated rings. The van der Waals surface area contributed by atoms with Crippen LogP contribution in [-0.4, -0.2) is 40.8 Å². The lowest BCUT2D eigenvalue weighted by Crippen LogP contribution is -2.36. The molecule has 1 aliphatic rings. The largest absolute Gasteiger partial charge is 0.488 e. The number of likely N-dealkylation sites (tertiary alicyclic amines) is 1. The van der Waals surface area contributed by atoms with E-state index in [1.807, 2.05) is 0 Å². The van der Waals surface area contributed by atoms with Gasteiger partial charge in [-0.15, -0.1) is 0 Å². The monoisotopic (exact) mass is 307 g/mol. The van der Waals surface area contributed by atoms with Gasteiger partial charge in [0.15, 0.2) is 0 Å². The van der Waals surface area contributed by atoms with Crippen molar-refractivity contribution in [3.05, 3.63) is 23.8 Å². The second-order valence-corrected chi connectivity index (χ2v) is 6.08. The van der Waals surface area contributed by atoms with Gasteiger partial charge in [-0.2, -0.15) is 9.65 Å². The molecule has 1 atom stereocenters. The molecule has 2 heterocycles. The van der Waals surface area contributed by atoms with Crippen LogP contribution in [0.2, 0.25) is 0 Å². The maximum Gasteiger partial charge on any atom is 0.410 e. The van der Waals surface area contributed by atoms with Crippen molar-refractivity contribution in [3.8, 4) is 11.8 Å². The first kappa shape index (κ1) is 16.0. The molecule has 0 spiro atoms. The Morgan fingerprint density at radius 3 is 2.86 bits per heavy atom. The van der Waals surface area contributed by atoms with Crippen LogP contribution in [0.5, 0.6) is 5.75 Å². The highest BCUT2D eigenvalue weighted by Gasteiger charge is 2.31. The van der Waals surface area contributed by atoms with E-state index < -0.39 is 17.6 Å². The third-order valence-electron chi connectivity index (χ3n) is 2.98. The standard InChI is InChI=1S/C15H18FN3O3/c1-15(2,3)22-14(20)19-5-4-11(9-19)21-12-6-10(8-17)18-13(16)7-12/h6-7,11H,4-5,9H2,1-3H3/t11-/m1/s1. The van der Waals surface area contributed by atoms with Crippen molar-refractivity contribution in [1.29, 1.82) is 5.26 Å². The number of ether oxygens (including phenoxy) is 2. The fraction of sp³-hybridized carbons (Fsp3) is 0.533. The number of carbonyl (C=O) groups is 1. The zero-order valence-corrected chi connectivity index (χ0v) is 12.8. The van der Waals surface area contributed by atoms with Gasteiger partial charge in [0.1, 0.15) is 29.2 Å². The maximum absolute atomic E-state index is 13.3. The van der Waals surface area contributed by atoms with Crippen molar-refractivity contribution in [2.75, 3.05) is 13.1 Å². The Labute approximate surface area is 128 Å². The van der Waals surface area contributed by atoms with Gasteiger partial charge in [0.05, 0.1) is 6.54 Å². The number of nitrogens with zero attached hydrogens (tertiary/aromatic N) is 3. The molecular weight excluding hydrogens is 289 g/mol. The molecule has 1 aromatic rings. The third kappa shape index (κ3) is 4.32. The summed E-state index contributed by atoms with van der Waals surface area (Å²) in [6.07, 6.45) is -0.0384. The van der Waals surface area contributed by atoms with E-state index in [4.69, 9.17) is 14.7 Å². The molecule has 0 radical (unpaired) electrons. The molecule has 2 rings (SSSR count). The molecule has 0 aromatic carbocycles. The predicted octanol–water partition coefficient (Wildman–Crippen LogP) is 2.48. The van der Waals surface area contributed by atoms with Crippen molar-refractivity contribution in [2.24, 2.45) is 0 Å². The van der Waals surface area contributed by atoms with E-state index in [1.165, 1.54) is 6.07 Å². The Hall–Kier alpha value is -2.36. The Bertz CT molecular complexity index is 607. The van der Waals surface area contributed by atoms with Crippen LogP contribution in [0.4, 0.5) is 9.18 Å². The Morgan fingerprint density at radius 2 is 2.23 bits per heavy atom. The number of carbonyl (C=O) groups excluding carboxylic acids is 1. The van der Waals surface area contributed by atoms with Crippen LogP contribution in [0.25, 0.3) is 0 Å². The normalized spacial score (nSPS) is 18.0. The van der Waals surface area contributed by atoms with E-state index in [9.17, 15) is 9.18 Å².